The molecule has 0 spiro atoms. The molecule has 0 aliphatic carbocycles. The summed E-state index contributed by atoms with van der Waals surface area (Å²) in [6, 6.07) is 14.2. The Labute approximate surface area is 118 Å². The van der Waals surface area contributed by atoms with Crippen molar-refractivity contribution in [1.29, 1.82) is 0 Å². The molecule has 3 heteroatoms. The van der Waals surface area contributed by atoms with E-state index in [1.165, 1.54) is 11.1 Å². The standard InChI is InChI=1S/C17H17NO2/c1-19-13-7-8-14-12(11-13)9-10-18-17(14)15-5-3-4-6-16(15)20-2/h3-8,11H,9-10H2,1-2H3. The molecule has 2 aromatic rings. The van der Waals surface area contributed by atoms with Gasteiger partial charge in [-0.15, -0.1) is 0 Å². The van der Waals surface area contributed by atoms with Gasteiger partial charge in [-0.2, -0.15) is 0 Å². The van der Waals surface area contributed by atoms with Gasteiger partial charge in [-0.25, -0.2) is 0 Å². The Morgan fingerprint density at radius 3 is 2.60 bits per heavy atom. The third-order valence-electron chi connectivity index (χ3n) is 3.58. The van der Waals surface area contributed by atoms with E-state index < -0.39 is 0 Å². The molecule has 3 nitrogen and oxygen atoms in total. The number of para-hydroxylation sites is 1. The number of benzene rings is 2. The van der Waals surface area contributed by atoms with Crippen LogP contribution in [0.2, 0.25) is 0 Å². The summed E-state index contributed by atoms with van der Waals surface area (Å²) in [6.45, 7) is 0.799. The highest BCUT2D eigenvalue weighted by atomic mass is 16.5. The third-order valence-corrected chi connectivity index (χ3v) is 3.58. The van der Waals surface area contributed by atoms with Crippen LogP contribution in [0.4, 0.5) is 0 Å². The van der Waals surface area contributed by atoms with E-state index in [0.29, 0.717) is 0 Å². The highest BCUT2D eigenvalue weighted by Gasteiger charge is 2.18. The van der Waals surface area contributed by atoms with E-state index in [4.69, 9.17) is 14.5 Å². The van der Waals surface area contributed by atoms with Gasteiger partial charge in [0.25, 0.3) is 0 Å². The van der Waals surface area contributed by atoms with Crippen LogP contribution in [0.5, 0.6) is 11.5 Å². The molecule has 0 unspecified atom stereocenters. The first-order chi connectivity index (χ1) is 9.83. The van der Waals surface area contributed by atoms with Crippen LogP contribution in [0.25, 0.3) is 0 Å². The number of hydrogen-bond donors (Lipinski definition) is 0. The monoisotopic (exact) mass is 267 g/mol. The lowest BCUT2D eigenvalue weighted by Gasteiger charge is -2.19. The minimum Gasteiger partial charge on any atom is -0.497 e. The minimum absolute atomic E-state index is 0.799. The van der Waals surface area contributed by atoms with Gasteiger partial charge in [0.2, 0.25) is 0 Å². The first kappa shape index (κ1) is 12.7. The average molecular weight is 267 g/mol. The molecule has 1 aliphatic heterocycles. The first-order valence-corrected chi connectivity index (χ1v) is 6.68. The molecule has 1 aliphatic rings. The van der Waals surface area contributed by atoms with E-state index in [2.05, 4.69) is 18.2 Å². The van der Waals surface area contributed by atoms with Gasteiger partial charge in [-0.1, -0.05) is 12.1 Å². The molecule has 1 heterocycles. The van der Waals surface area contributed by atoms with Gasteiger partial charge in [0, 0.05) is 17.7 Å². The Balaban J connectivity index is 2.11. The van der Waals surface area contributed by atoms with Crippen LogP contribution >= 0.6 is 0 Å². The van der Waals surface area contributed by atoms with Crippen LogP contribution in [0.1, 0.15) is 16.7 Å². The zero-order valence-electron chi connectivity index (χ0n) is 11.7. The second-order valence-electron chi connectivity index (χ2n) is 4.70. The van der Waals surface area contributed by atoms with Gasteiger partial charge in [-0.05, 0) is 42.3 Å². The highest BCUT2D eigenvalue weighted by Crippen LogP contribution is 2.28. The summed E-state index contributed by atoms with van der Waals surface area (Å²) in [6.07, 6.45) is 0.950. The van der Waals surface area contributed by atoms with E-state index in [1.807, 2.05) is 24.3 Å². The summed E-state index contributed by atoms with van der Waals surface area (Å²) in [5, 5.41) is 0. The number of fused-ring (bicyclic) bond motifs is 1. The van der Waals surface area contributed by atoms with Crippen molar-refractivity contribution in [1.82, 2.24) is 0 Å². The number of methoxy groups -OCH3 is 2. The highest BCUT2D eigenvalue weighted by molar-refractivity contribution is 6.15. The molecule has 0 fully saturated rings. The Bertz CT molecular complexity index is 662. The Morgan fingerprint density at radius 2 is 1.80 bits per heavy atom. The van der Waals surface area contributed by atoms with Crippen LogP contribution in [0.3, 0.4) is 0 Å². The quantitative estimate of drug-likeness (QED) is 0.855. The van der Waals surface area contributed by atoms with Gasteiger partial charge < -0.3 is 9.47 Å². The normalized spacial score (nSPS) is 13.4. The molecule has 0 amide bonds. The van der Waals surface area contributed by atoms with Crippen LogP contribution in [0.15, 0.2) is 47.5 Å². The second kappa shape index (κ2) is 5.37. The molecule has 0 aromatic heterocycles. The molecule has 0 N–H and O–H groups in total. The van der Waals surface area contributed by atoms with E-state index in [-0.39, 0.29) is 0 Å². The summed E-state index contributed by atoms with van der Waals surface area (Å²) < 4.78 is 10.8. The fraction of sp³-hybridized carbons (Fsp3) is 0.235. The number of hydrogen-bond acceptors (Lipinski definition) is 3. The van der Waals surface area contributed by atoms with E-state index >= 15 is 0 Å². The van der Waals surface area contributed by atoms with Crippen LogP contribution < -0.4 is 9.47 Å². The van der Waals surface area contributed by atoms with Crippen molar-refractivity contribution in [2.45, 2.75) is 6.42 Å². The fourth-order valence-corrected chi connectivity index (χ4v) is 2.58. The maximum atomic E-state index is 5.45. The smallest absolute Gasteiger partial charge is 0.128 e. The molecular formula is C17H17NO2. The third kappa shape index (κ3) is 2.16. The largest absolute Gasteiger partial charge is 0.497 e. The lowest BCUT2D eigenvalue weighted by atomic mass is 9.93. The van der Waals surface area contributed by atoms with Crippen LogP contribution in [-0.2, 0) is 6.42 Å². The number of nitrogens with zero attached hydrogens (tertiary/aromatic N) is 1. The van der Waals surface area contributed by atoms with Crippen molar-refractivity contribution < 1.29 is 9.47 Å². The van der Waals surface area contributed by atoms with Crippen molar-refractivity contribution in [3.8, 4) is 11.5 Å². The zero-order chi connectivity index (χ0) is 13.9. The Kier molecular flexibility index (Phi) is 3.42. The maximum Gasteiger partial charge on any atom is 0.128 e. The molecule has 0 saturated heterocycles. The van der Waals surface area contributed by atoms with Gasteiger partial charge in [0.05, 0.1) is 19.9 Å². The molecule has 20 heavy (non-hydrogen) atoms. The molecule has 0 radical (unpaired) electrons. The SMILES string of the molecule is COc1ccc2c(c1)CCN=C2c1ccccc1OC. The van der Waals surface area contributed by atoms with Gasteiger partial charge in [0.15, 0.2) is 0 Å². The predicted molar refractivity (Wildman–Crippen MR) is 80.2 cm³/mol. The van der Waals surface area contributed by atoms with Crippen molar-refractivity contribution in [2.24, 2.45) is 4.99 Å². The number of aliphatic imine (C=N–C) groups is 1. The molecule has 102 valence electrons. The Morgan fingerprint density at radius 1 is 0.950 bits per heavy atom. The predicted octanol–water partition coefficient (Wildman–Crippen LogP) is 3.10. The summed E-state index contributed by atoms with van der Waals surface area (Å²) in [7, 11) is 3.39. The molecular weight excluding hydrogens is 250 g/mol. The van der Waals surface area contributed by atoms with E-state index in [9.17, 15) is 0 Å². The lowest BCUT2D eigenvalue weighted by Crippen LogP contribution is -2.15. The van der Waals surface area contributed by atoms with Crippen molar-refractivity contribution in [3.05, 3.63) is 59.2 Å². The van der Waals surface area contributed by atoms with Gasteiger partial charge >= 0.3 is 0 Å². The van der Waals surface area contributed by atoms with Gasteiger partial charge in [0.1, 0.15) is 11.5 Å². The minimum atomic E-state index is 0.799. The molecule has 0 atom stereocenters. The molecule has 0 saturated carbocycles. The molecule has 2 aromatic carbocycles. The summed E-state index contributed by atoms with van der Waals surface area (Å²) in [5.74, 6) is 1.75. The van der Waals surface area contributed by atoms with Crippen LogP contribution in [0, 0.1) is 0 Å². The zero-order valence-corrected chi connectivity index (χ0v) is 11.7. The van der Waals surface area contributed by atoms with Crippen molar-refractivity contribution >= 4 is 5.71 Å². The number of rotatable bonds is 3. The van der Waals surface area contributed by atoms with Crippen molar-refractivity contribution in [2.75, 3.05) is 20.8 Å². The van der Waals surface area contributed by atoms with Crippen molar-refractivity contribution in [3.63, 3.8) is 0 Å². The fourth-order valence-electron chi connectivity index (χ4n) is 2.58. The summed E-state index contributed by atoms with van der Waals surface area (Å²) >= 11 is 0. The number of ether oxygens (including phenoxy) is 2. The summed E-state index contributed by atoms with van der Waals surface area (Å²) in [5.41, 5.74) is 4.49. The topological polar surface area (TPSA) is 30.8 Å². The maximum absolute atomic E-state index is 5.45. The Hall–Kier alpha value is -2.29. The van der Waals surface area contributed by atoms with Crippen LogP contribution in [-0.4, -0.2) is 26.5 Å². The lowest BCUT2D eigenvalue weighted by molar-refractivity contribution is 0.413. The first-order valence-electron chi connectivity index (χ1n) is 6.68. The summed E-state index contributed by atoms with van der Waals surface area (Å²) in [4.78, 5) is 4.70. The molecule has 3 rings (SSSR count). The average Bonchev–Trinajstić information content (AvgIpc) is 2.53. The van der Waals surface area contributed by atoms with E-state index in [1.54, 1.807) is 14.2 Å². The molecule has 0 bridgehead atoms. The van der Waals surface area contributed by atoms with E-state index in [0.717, 1.165) is 35.7 Å². The second-order valence-corrected chi connectivity index (χ2v) is 4.70. The van der Waals surface area contributed by atoms with Gasteiger partial charge in [-0.3, -0.25) is 4.99 Å².